The Labute approximate surface area is 191 Å². The monoisotopic (exact) mass is 446 g/mol. The van der Waals surface area contributed by atoms with Crippen LogP contribution >= 0.6 is 0 Å². The van der Waals surface area contributed by atoms with Crippen molar-refractivity contribution >= 4 is 0 Å². The molecule has 5 atom stereocenters. The summed E-state index contributed by atoms with van der Waals surface area (Å²) < 4.78 is 5.50. The van der Waals surface area contributed by atoms with Crippen molar-refractivity contribution in [1.29, 1.82) is 0 Å². The number of benzene rings is 1. The van der Waals surface area contributed by atoms with Crippen LogP contribution < -0.4 is 5.32 Å². The molecule has 0 spiro atoms. The van der Waals surface area contributed by atoms with E-state index in [1.165, 1.54) is 11.3 Å². The number of β-amino-alcohol motifs (C(OH)–C–C–N with tert-alkyl or cyclic N) is 1. The molecular weight excluding hydrogens is 408 g/mol. The second kappa shape index (κ2) is 12.4. The lowest BCUT2D eigenvalue weighted by molar-refractivity contribution is -0.145. The Morgan fingerprint density at radius 2 is 1.78 bits per heavy atom. The molecule has 1 fully saturated rings. The number of piperidine rings is 1. The number of likely N-dealkylation sites (tertiary alicyclic amines) is 1. The van der Waals surface area contributed by atoms with E-state index in [0.717, 1.165) is 44.4 Å². The van der Waals surface area contributed by atoms with Crippen molar-refractivity contribution in [3.63, 3.8) is 0 Å². The smallest absolute Gasteiger partial charge is 0.117 e. The van der Waals surface area contributed by atoms with E-state index in [2.05, 4.69) is 41.7 Å². The van der Waals surface area contributed by atoms with Crippen LogP contribution in [0, 0.1) is 0 Å². The van der Waals surface area contributed by atoms with Crippen molar-refractivity contribution in [2.24, 2.45) is 0 Å². The summed E-state index contributed by atoms with van der Waals surface area (Å²) >= 11 is 0. The van der Waals surface area contributed by atoms with Gasteiger partial charge in [-0.1, -0.05) is 43.2 Å². The molecule has 7 heteroatoms. The first kappa shape index (κ1) is 24.7. The van der Waals surface area contributed by atoms with Gasteiger partial charge in [-0.3, -0.25) is 4.90 Å². The van der Waals surface area contributed by atoms with E-state index in [-0.39, 0.29) is 13.2 Å². The minimum Gasteiger partial charge on any atom is -0.497 e. The fourth-order valence-electron chi connectivity index (χ4n) is 4.62. The largest absolute Gasteiger partial charge is 0.497 e. The molecule has 178 valence electrons. The molecule has 7 nitrogen and oxygen atoms in total. The second-order valence-corrected chi connectivity index (χ2v) is 8.80. The fraction of sp³-hybridized carbons (Fsp3) is 0.600. The van der Waals surface area contributed by atoms with E-state index in [0.29, 0.717) is 12.5 Å². The zero-order chi connectivity index (χ0) is 22.9. The predicted molar refractivity (Wildman–Crippen MR) is 124 cm³/mol. The van der Waals surface area contributed by atoms with Crippen LogP contribution in [0.1, 0.15) is 43.6 Å². The van der Waals surface area contributed by atoms with Crippen LogP contribution in [0.2, 0.25) is 0 Å². The number of aliphatic hydroxyl groups excluding tert-OH is 4. The number of ether oxygens (including phenoxy) is 1. The fourth-order valence-corrected chi connectivity index (χ4v) is 4.62. The molecule has 0 radical (unpaired) electrons. The Bertz CT molecular complexity index is 754. The van der Waals surface area contributed by atoms with Gasteiger partial charge in [0.25, 0.3) is 0 Å². The third kappa shape index (κ3) is 6.56. The summed E-state index contributed by atoms with van der Waals surface area (Å²) in [5.74, 6) is 1.20. The van der Waals surface area contributed by atoms with Crippen LogP contribution in [0.25, 0.3) is 0 Å². The molecule has 1 saturated heterocycles. The van der Waals surface area contributed by atoms with Gasteiger partial charge in [0, 0.05) is 24.7 Å². The number of nitrogens with zero attached hydrogens (tertiary/aromatic N) is 1. The Morgan fingerprint density at radius 1 is 1.03 bits per heavy atom. The van der Waals surface area contributed by atoms with Gasteiger partial charge in [0.2, 0.25) is 0 Å². The van der Waals surface area contributed by atoms with Crippen LogP contribution in [-0.4, -0.2) is 83.0 Å². The van der Waals surface area contributed by atoms with Crippen molar-refractivity contribution in [3.05, 3.63) is 59.5 Å². The standard InChI is InChI=1S/C25H38N2O5/c1-32-21-14-19(18-9-5-4-6-10-18)13-20(15-21)26-11-7-2-3-8-12-27-16-23(29)25(31)24(30)22(27)17-28/h4-6,9-10,14-15,19,22-26,28-31H,2-3,7-8,11-13,16-17H2,1H3/t19?,22-,23+,24-,25?/m1/s1. The normalized spacial score (nSPS) is 28.7. The number of rotatable bonds is 11. The third-order valence-electron chi connectivity index (χ3n) is 6.53. The zero-order valence-electron chi connectivity index (χ0n) is 18.9. The summed E-state index contributed by atoms with van der Waals surface area (Å²) in [5.41, 5.74) is 2.48. The van der Waals surface area contributed by atoms with Gasteiger partial charge in [-0.25, -0.2) is 0 Å². The SMILES string of the molecule is COC1=CC(c2ccccc2)CC(NCCCCCCN2C[C@H](O)C(O)[C@H](O)[C@H]2CO)=C1. The van der Waals surface area contributed by atoms with Crippen LogP contribution in [-0.2, 0) is 4.74 Å². The molecule has 3 rings (SSSR count). The van der Waals surface area contributed by atoms with E-state index in [4.69, 9.17) is 4.74 Å². The average Bonchev–Trinajstić information content (AvgIpc) is 2.82. The predicted octanol–water partition coefficient (Wildman–Crippen LogP) is 1.50. The van der Waals surface area contributed by atoms with Gasteiger partial charge in [-0.05, 0) is 43.5 Å². The minimum atomic E-state index is -1.20. The molecule has 5 N–H and O–H groups in total. The van der Waals surface area contributed by atoms with E-state index in [1.807, 2.05) is 11.0 Å². The molecule has 0 bridgehead atoms. The topological polar surface area (TPSA) is 105 Å². The molecule has 2 aliphatic rings. The quantitative estimate of drug-likeness (QED) is 0.328. The first-order valence-corrected chi connectivity index (χ1v) is 11.7. The molecular formula is C25H38N2O5. The number of unbranched alkanes of at least 4 members (excludes halogenated alkanes) is 3. The highest BCUT2D eigenvalue weighted by Gasteiger charge is 2.40. The van der Waals surface area contributed by atoms with Crippen LogP contribution in [0.15, 0.2) is 53.9 Å². The van der Waals surface area contributed by atoms with Gasteiger partial charge in [0.05, 0.1) is 25.9 Å². The van der Waals surface area contributed by atoms with Crippen molar-refractivity contribution in [1.82, 2.24) is 10.2 Å². The van der Waals surface area contributed by atoms with E-state index in [1.54, 1.807) is 7.11 Å². The second-order valence-electron chi connectivity index (χ2n) is 8.80. The summed E-state index contributed by atoms with van der Waals surface area (Å²) in [6, 6.07) is 9.95. The van der Waals surface area contributed by atoms with Gasteiger partial charge >= 0.3 is 0 Å². The van der Waals surface area contributed by atoms with E-state index < -0.39 is 24.4 Å². The van der Waals surface area contributed by atoms with Crippen molar-refractivity contribution in [2.45, 2.75) is 62.4 Å². The van der Waals surface area contributed by atoms with Gasteiger partial charge in [-0.15, -0.1) is 0 Å². The Balaban J connectivity index is 1.36. The number of hydrogen-bond acceptors (Lipinski definition) is 7. The first-order chi connectivity index (χ1) is 15.5. The number of aliphatic hydroxyl groups is 4. The third-order valence-corrected chi connectivity index (χ3v) is 6.53. The lowest BCUT2D eigenvalue weighted by Crippen LogP contribution is -2.62. The summed E-state index contributed by atoms with van der Waals surface area (Å²) in [4.78, 5) is 1.88. The molecule has 1 aromatic rings. The van der Waals surface area contributed by atoms with Gasteiger partial charge in [0.15, 0.2) is 0 Å². The highest BCUT2D eigenvalue weighted by Crippen LogP contribution is 2.30. The summed E-state index contributed by atoms with van der Waals surface area (Å²) in [5, 5.41) is 42.9. The van der Waals surface area contributed by atoms with E-state index >= 15 is 0 Å². The molecule has 32 heavy (non-hydrogen) atoms. The number of methoxy groups -OCH3 is 1. The van der Waals surface area contributed by atoms with Crippen LogP contribution in [0.5, 0.6) is 0 Å². The Morgan fingerprint density at radius 3 is 2.50 bits per heavy atom. The highest BCUT2D eigenvalue weighted by atomic mass is 16.5. The Kier molecular flexibility index (Phi) is 9.56. The molecule has 0 amide bonds. The molecule has 2 unspecified atom stereocenters. The zero-order valence-corrected chi connectivity index (χ0v) is 18.9. The number of nitrogens with one attached hydrogen (secondary N) is 1. The molecule has 0 aromatic heterocycles. The maximum absolute atomic E-state index is 10.1. The van der Waals surface area contributed by atoms with Crippen molar-refractivity contribution in [3.8, 4) is 0 Å². The van der Waals surface area contributed by atoms with Gasteiger partial charge < -0.3 is 30.5 Å². The molecule has 1 aliphatic heterocycles. The summed E-state index contributed by atoms with van der Waals surface area (Å²) in [7, 11) is 1.70. The number of hydrogen-bond donors (Lipinski definition) is 5. The van der Waals surface area contributed by atoms with Crippen LogP contribution in [0.3, 0.4) is 0 Å². The Hall–Kier alpha value is -1.90. The highest BCUT2D eigenvalue weighted by molar-refractivity contribution is 5.34. The maximum atomic E-state index is 10.1. The summed E-state index contributed by atoms with van der Waals surface area (Å²) in [6.07, 6.45) is 5.95. The average molecular weight is 447 g/mol. The van der Waals surface area contributed by atoms with Gasteiger partial charge in [0.1, 0.15) is 18.0 Å². The maximum Gasteiger partial charge on any atom is 0.117 e. The molecule has 0 saturated carbocycles. The van der Waals surface area contributed by atoms with Gasteiger partial charge in [-0.2, -0.15) is 0 Å². The molecule has 1 heterocycles. The number of allylic oxidation sites excluding steroid dienone is 3. The lowest BCUT2D eigenvalue weighted by atomic mass is 9.90. The van der Waals surface area contributed by atoms with Crippen LogP contribution in [0.4, 0.5) is 0 Å². The molecule has 1 aromatic carbocycles. The first-order valence-electron chi connectivity index (χ1n) is 11.7. The molecule has 1 aliphatic carbocycles. The lowest BCUT2D eigenvalue weighted by Gasteiger charge is -2.43. The van der Waals surface area contributed by atoms with Crippen molar-refractivity contribution in [2.75, 3.05) is 33.4 Å². The van der Waals surface area contributed by atoms with Crippen molar-refractivity contribution < 1.29 is 25.2 Å². The minimum absolute atomic E-state index is 0.230. The van der Waals surface area contributed by atoms with E-state index in [9.17, 15) is 20.4 Å². The summed E-state index contributed by atoms with van der Waals surface area (Å²) in [6.45, 7) is 1.63.